The van der Waals surface area contributed by atoms with Crippen LogP contribution in [0.1, 0.15) is 23.3 Å². The number of likely N-dealkylation sites (tertiary alicyclic amines) is 1. The zero-order chi connectivity index (χ0) is 16.7. The number of hydrogen-bond donors (Lipinski definition) is 1. The summed E-state index contributed by atoms with van der Waals surface area (Å²) in [6.45, 7) is 1.25. The van der Waals surface area contributed by atoms with E-state index in [-0.39, 0.29) is 23.0 Å². The summed E-state index contributed by atoms with van der Waals surface area (Å²) in [7, 11) is 0. The smallest absolute Gasteiger partial charge is 0.276 e. The SMILES string of the molecule is O=C(c1cn[nH]n1)N1CC2CCC(C1)N2Sc1cccc(F)c1Cl. The van der Waals surface area contributed by atoms with E-state index in [0.717, 1.165) is 12.8 Å². The monoisotopic (exact) mass is 367 g/mol. The zero-order valence-corrected chi connectivity index (χ0v) is 14.2. The molecule has 126 valence electrons. The Morgan fingerprint density at radius 2 is 2.08 bits per heavy atom. The molecule has 6 nitrogen and oxygen atoms in total. The molecule has 2 aromatic rings. The summed E-state index contributed by atoms with van der Waals surface area (Å²) in [6, 6.07) is 5.29. The second-order valence-corrected chi connectivity index (χ2v) is 7.38. The third kappa shape index (κ3) is 2.78. The molecule has 0 saturated carbocycles. The number of carbonyl (C=O) groups is 1. The van der Waals surface area contributed by atoms with Gasteiger partial charge in [-0.15, -0.1) is 0 Å². The lowest BCUT2D eigenvalue weighted by atomic mass is 10.2. The minimum atomic E-state index is -0.408. The largest absolute Gasteiger partial charge is 0.334 e. The number of amides is 1. The third-order valence-electron chi connectivity index (χ3n) is 4.46. The number of hydrogen-bond acceptors (Lipinski definition) is 5. The molecule has 1 aromatic carbocycles. The Labute approximate surface area is 147 Å². The highest BCUT2D eigenvalue weighted by atomic mass is 35.5. The normalized spacial score (nSPS) is 23.7. The quantitative estimate of drug-likeness (QED) is 0.845. The molecule has 9 heteroatoms. The molecule has 0 aliphatic carbocycles. The van der Waals surface area contributed by atoms with Crippen molar-refractivity contribution in [1.29, 1.82) is 0 Å². The molecule has 2 fully saturated rings. The van der Waals surface area contributed by atoms with Crippen molar-refractivity contribution in [2.45, 2.75) is 29.8 Å². The van der Waals surface area contributed by atoms with Crippen molar-refractivity contribution in [3.63, 3.8) is 0 Å². The molecule has 0 spiro atoms. The molecule has 1 N–H and O–H groups in total. The van der Waals surface area contributed by atoms with Crippen molar-refractivity contribution < 1.29 is 9.18 Å². The number of aromatic amines is 1. The Morgan fingerprint density at radius 1 is 1.33 bits per heavy atom. The first-order valence-corrected chi connectivity index (χ1v) is 8.84. The number of nitrogens with zero attached hydrogens (tertiary/aromatic N) is 4. The fourth-order valence-electron chi connectivity index (χ4n) is 3.31. The molecule has 2 unspecified atom stereocenters. The van der Waals surface area contributed by atoms with Crippen molar-refractivity contribution in [3.05, 3.63) is 40.9 Å². The molecule has 2 bridgehead atoms. The van der Waals surface area contributed by atoms with Gasteiger partial charge < -0.3 is 4.90 Å². The van der Waals surface area contributed by atoms with E-state index in [1.807, 2.05) is 11.0 Å². The highest BCUT2D eigenvalue weighted by Crippen LogP contribution is 2.41. The van der Waals surface area contributed by atoms with Gasteiger partial charge in [-0.3, -0.25) is 4.79 Å². The van der Waals surface area contributed by atoms with E-state index in [9.17, 15) is 9.18 Å². The summed E-state index contributed by atoms with van der Waals surface area (Å²) < 4.78 is 15.9. The Hall–Kier alpha value is -1.64. The van der Waals surface area contributed by atoms with Crippen molar-refractivity contribution in [2.24, 2.45) is 0 Å². The minimum absolute atomic E-state index is 0.103. The second-order valence-electron chi connectivity index (χ2n) is 5.95. The van der Waals surface area contributed by atoms with Gasteiger partial charge in [-0.1, -0.05) is 17.7 Å². The number of rotatable bonds is 3. The topological polar surface area (TPSA) is 65.1 Å². The number of benzene rings is 1. The number of nitrogens with one attached hydrogen (secondary N) is 1. The van der Waals surface area contributed by atoms with Crippen LogP contribution in [0.4, 0.5) is 4.39 Å². The molecule has 2 atom stereocenters. The highest BCUT2D eigenvalue weighted by Gasteiger charge is 2.42. The van der Waals surface area contributed by atoms with Gasteiger partial charge in [-0.25, -0.2) is 8.70 Å². The van der Waals surface area contributed by atoms with E-state index in [2.05, 4.69) is 19.7 Å². The van der Waals surface area contributed by atoms with Gasteiger partial charge in [0.25, 0.3) is 5.91 Å². The van der Waals surface area contributed by atoms with Gasteiger partial charge in [0.05, 0.1) is 11.2 Å². The number of halogens is 2. The van der Waals surface area contributed by atoms with Gasteiger partial charge in [0, 0.05) is 30.1 Å². The van der Waals surface area contributed by atoms with Gasteiger partial charge in [-0.05, 0) is 36.9 Å². The van der Waals surface area contributed by atoms with Gasteiger partial charge in [0.2, 0.25) is 0 Å². The van der Waals surface area contributed by atoms with Crippen molar-refractivity contribution in [2.75, 3.05) is 13.1 Å². The maximum Gasteiger partial charge on any atom is 0.276 e. The van der Waals surface area contributed by atoms with Crippen LogP contribution in [0, 0.1) is 5.82 Å². The van der Waals surface area contributed by atoms with Gasteiger partial charge >= 0.3 is 0 Å². The first kappa shape index (κ1) is 15.9. The van der Waals surface area contributed by atoms with Gasteiger partial charge in [0.1, 0.15) is 5.82 Å². The van der Waals surface area contributed by atoms with Gasteiger partial charge in [-0.2, -0.15) is 15.4 Å². The first-order valence-electron chi connectivity index (χ1n) is 7.69. The van der Waals surface area contributed by atoms with E-state index in [1.165, 1.54) is 24.2 Å². The summed E-state index contributed by atoms with van der Waals surface area (Å²) in [5.41, 5.74) is 0.337. The predicted molar refractivity (Wildman–Crippen MR) is 88.2 cm³/mol. The molecule has 1 aromatic heterocycles. The van der Waals surface area contributed by atoms with Crippen LogP contribution in [0.25, 0.3) is 0 Å². The molecule has 1 amide bonds. The molecule has 0 radical (unpaired) electrons. The second kappa shape index (κ2) is 6.34. The fourth-order valence-corrected chi connectivity index (χ4v) is 4.73. The van der Waals surface area contributed by atoms with E-state index in [0.29, 0.717) is 23.7 Å². The lowest BCUT2D eigenvalue weighted by Crippen LogP contribution is -2.52. The molecule has 2 saturated heterocycles. The lowest BCUT2D eigenvalue weighted by molar-refractivity contribution is 0.0622. The van der Waals surface area contributed by atoms with Crippen LogP contribution in [0.3, 0.4) is 0 Å². The molecular weight excluding hydrogens is 353 g/mol. The van der Waals surface area contributed by atoms with Crippen LogP contribution in [0.15, 0.2) is 29.3 Å². The summed E-state index contributed by atoms with van der Waals surface area (Å²) in [5.74, 6) is -0.511. The molecule has 2 aliphatic heterocycles. The number of aromatic nitrogens is 3. The fraction of sp³-hybridized carbons (Fsp3) is 0.400. The van der Waals surface area contributed by atoms with Crippen molar-refractivity contribution in [1.82, 2.24) is 24.6 Å². The summed E-state index contributed by atoms with van der Waals surface area (Å²) >= 11 is 7.55. The van der Waals surface area contributed by atoms with E-state index < -0.39 is 5.82 Å². The van der Waals surface area contributed by atoms with E-state index in [1.54, 1.807) is 6.07 Å². The maximum absolute atomic E-state index is 13.6. The third-order valence-corrected chi connectivity index (χ3v) is 6.30. The Morgan fingerprint density at radius 3 is 2.75 bits per heavy atom. The van der Waals surface area contributed by atoms with Gasteiger partial charge in [0.15, 0.2) is 5.69 Å². The lowest BCUT2D eigenvalue weighted by Gasteiger charge is -2.39. The molecular formula is C15H15ClFN5OS. The Kier molecular flexibility index (Phi) is 4.19. The van der Waals surface area contributed by atoms with Crippen LogP contribution >= 0.6 is 23.5 Å². The van der Waals surface area contributed by atoms with Crippen molar-refractivity contribution in [3.8, 4) is 0 Å². The molecule has 3 heterocycles. The van der Waals surface area contributed by atoms with Crippen molar-refractivity contribution >= 4 is 29.5 Å². The van der Waals surface area contributed by atoms with E-state index >= 15 is 0 Å². The zero-order valence-electron chi connectivity index (χ0n) is 12.7. The number of piperazine rings is 1. The van der Waals surface area contributed by atoms with Crippen LogP contribution in [-0.2, 0) is 0 Å². The van der Waals surface area contributed by atoms with Crippen LogP contribution in [-0.4, -0.2) is 55.7 Å². The maximum atomic E-state index is 13.6. The summed E-state index contributed by atoms with van der Waals surface area (Å²) in [5, 5.41) is 10.2. The summed E-state index contributed by atoms with van der Waals surface area (Å²) in [6.07, 6.45) is 3.46. The van der Waals surface area contributed by atoms with E-state index in [4.69, 9.17) is 11.6 Å². The molecule has 2 aliphatic rings. The minimum Gasteiger partial charge on any atom is -0.334 e. The number of fused-ring (bicyclic) bond motifs is 2. The van der Waals surface area contributed by atoms with Crippen LogP contribution in [0.5, 0.6) is 0 Å². The van der Waals surface area contributed by atoms with Crippen LogP contribution in [0.2, 0.25) is 5.02 Å². The average Bonchev–Trinajstić information content (AvgIpc) is 3.18. The highest BCUT2D eigenvalue weighted by molar-refractivity contribution is 7.97. The first-order chi connectivity index (χ1) is 11.6. The summed E-state index contributed by atoms with van der Waals surface area (Å²) in [4.78, 5) is 15.0. The van der Waals surface area contributed by atoms with Crippen LogP contribution < -0.4 is 0 Å². The standard InChI is InChI=1S/C15H15ClFN5OS/c16-14-11(17)2-1-3-13(14)24-22-9-4-5-10(22)8-21(7-9)15(23)12-6-18-20-19-12/h1-3,6,9-10H,4-5,7-8H2,(H,18,19,20). The predicted octanol–water partition coefficient (Wildman–Crippen LogP) is 2.59. The molecule has 24 heavy (non-hydrogen) atoms. The Bertz CT molecular complexity index is 744. The number of H-pyrrole nitrogens is 1. The Balaban J connectivity index is 1.49. The molecule has 4 rings (SSSR count). The number of carbonyl (C=O) groups excluding carboxylic acids is 1. The average molecular weight is 368 g/mol.